The Morgan fingerprint density at radius 3 is 2.47 bits per heavy atom. The van der Waals surface area contributed by atoms with Gasteiger partial charge in [0.05, 0.1) is 12.3 Å². The Kier molecular flexibility index (Phi) is 3.82. The molecule has 5 nitrogen and oxygen atoms in total. The van der Waals surface area contributed by atoms with Crippen LogP contribution >= 0.6 is 0 Å². The van der Waals surface area contributed by atoms with Gasteiger partial charge in [-0.05, 0) is 18.2 Å². The van der Waals surface area contributed by atoms with Gasteiger partial charge in [0.15, 0.2) is 5.03 Å². The highest BCUT2D eigenvalue weighted by molar-refractivity contribution is 7.92. The molecule has 0 bridgehead atoms. The topological polar surface area (TPSA) is 70.5 Å². The van der Waals surface area contributed by atoms with Gasteiger partial charge in [-0.1, -0.05) is 24.3 Å². The predicted octanol–water partition coefficient (Wildman–Crippen LogP) is 1.40. The van der Waals surface area contributed by atoms with Crippen LogP contribution in [0.4, 0.5) is 5.69 Å². The second-order valence-electron chi connectivity index (χ2n) is 3.93. The normalized spacial score (nSPS) is 11.3. The Balaban J connectivity index is 2.48. The molecule has 0 spiro atoms. The molecule has 2 aromatic rings. The molecule has 0 aliphatic heterocycles. The van der Waals surface area contributed by atoms with Crippen molar-refractivity contribution < 1.29 is 13.5 Å². The Bertz CT molecular complexity index is 657. The van der Waals surface area contributed by atoms with Gasteiger partial charge in [0, 0.05) is 18.8 Å². The van der Waals surface area contributed by atoms with E-state index < -0.39 is 10.0 Å². The number of aliphatic hydroxyl groups is 1. The number of hydrogen-bond donors (Lipinski definition) is 1. The minimum absolute atomic E-state index is 0.121. The molecule has 1 aromatic carbocycles. The number of anilines is 1. The lowest BCUT2D eigenvalue weighted by Gasteiger charge is -2.19. The van der Waals surface area contributed by atoms with Gasteiger partial charge >= 0.3 is 0 Å². The van der Waals surface area contributed by atoms with Gasteiger partial charge in [0.1, 0.15) is 0 Å². The molecule has 0 saturated heterocycles. The van der Waals surface area contributed by atoms with Gasteiger partial charge in [0.25, 0.3) is 10.0 Å². The number of nitrogens with zero attached hydrogens (tertiary/aromatic N) is 2. The highest BCUT2D eigenvalue weighted by Crippen LogP contribution is 2.22. The molecule has 0 atom stereocenters. The average Bonchev–Trinajstić information content (AvgIpc) is 2.47. The fourth-order valence-corrected chi connectivity index (χ4v) is 3.00. The standard InChI is InChI=1S/C13H14N2O3S/c1-15(12-7-3-2-4-8-12)19(17,18)13-11(10-16)6-5-9-14-13/h2-9,16H,10H2,1H3. The van der Waals surface area contributed by atoms with Gasteiger partial charge < -0.3 is 5.11 Å². The summed E-state index contributed by atoms with van der Waals surface area (Å²) in [7, 11) is -2.31. The van der Waals surface area contributed by atoms with Gasteiger partial charge in [-0.2, -0.15) is 8.42 Å². The minimum Gasteiger partial charge on any atom is -0.392 e. The van der Waals surface area contributed by atoms with Crippen molar-refractivity contribution in [2.24, 2.45) is 0 Å². The van der Waals surface area contributed by atoms with Crippen molar-refractivity contribution in [2.45, 2.75) is 11.6 Å². The Hall–Kier alpha value is -1.92. The van der Waals surface area contributed by atoms with E-state index in [1.165, 1.54) is 13.2 Å². The molecule has 6 heteroatoms. The zero-order valence-electron chi connectivity index (χ0n) is 10.4. The molecule has 0 aliphatic rings. The van der Waals surface area contributed by atoms with Crippen molar-refractivity contribution in [3.05, 3.63) is 54.2 Å². The molecule has 2 rings (SSSR count). The zero-order chi connectivity index (χ0) is 13.9. The Morgan fingerprint density at radius 2 is 1.84 bits per heavy atom. The Morgan fingerprint density at radius 1 is 1.16 bits per heavy atom. The SMILES string of the molecule is CN(c1ccccc1)S(=O)(=O)c1ncccc1CO. The number of aromatic nitrogens is 1. The number of benzene rings is 1. The quantitative estimate of drug-likeness (QED) is 0.917. The van der Waals surface area contributed by atoms with E-state index >= 15 is 0 Å². The maximum absolute atomic E-state index is 12.5. The third-order valence-electron chi connectivity index (χ3n) is 2.74. The van der Waals surface area contributed by atoms with E-state index in [1.807, 2.05) is 6.07 Å². The molecule has 0 saturated carbocycles. The van der Waals surface area contributed by atoms with E-state index in [-0.39, 0.29) is 17.2 Å². The first-order chi connectivity index (χ1) is 9.07. The van der Waals surface area contributed by atoms with Gasteiger partial charge in [-0.25, -0.2) is 4.98 Å². The predicted molar refractivity (Wildman–Crippen MR) is 72.2 cm³/mol. The number of pyridine rings is 1. The van der Waals surface area contributed by atoms with Crippen LogP contribution in [0.5, 0.6) is 0 Å². The molecule has 0 fully saturated rings. The number of hydrogen-bond acceptors (Lipinski definition) is 4. The van der Waals surface area contributed by atoms with Crippen molar-refractivity contribution in [1.29, 1.82) is 0 Å². The summed E-state index contributed by atoms with van der Waals surface area (Å²) in [5, 5.41) is 9.09. The number of aliphatic hydroxyl groups excluding tert-OH is 1. The molecule has 0 radical (unpaired) electrons. The molecule has 0 unspecified atom stereocenters. The minimum atomic E-state index is -3.77. The molecule has 19 heavy (non-hydrogen) atoms. The third-order valence-corrected chi connectivity index (χ3v) is 4.53. The summed E-state index contributed by atoms with van der Waals surface area (Å²) < 4.78 is 26.1. The van der Waals surface area contributed by atoms with E-state index in [2.05, 4.69) is 4.98 Å². The fraction of sp³-hybridized carbons (Fsp3) is 0.154. The zero-order valence-corrected chi connectivity index (χ0v) is 11.2. The van der Waals surface area contributed by atoms with Crippen molar-refractivity contribution in [2.75, 3.05) is 11.4 Å². The monoisotopic (exact) mass is 278 g/mol. The van der Waals surface area contributed by atoms with Crippen molar-refractivity contribution in [3.8, 4) is 0 Å². The van der Waals surface area contributed by atoms with Crippen molar-refractivity contribution >= 4 is 15.7 Å². The van der Waals surface area contributed by atoms with Crippen LogP contribution < -0.4 is 4.31 Å². The largest absolute Gasteiger partial charge is 0.392 e. The van der Waals surface area contributed by atoms with Crippen molar-refractivity contribution in [3.63, 3.8) is 0 Å². The summed E-state index contributed by atoms with van der Waals surface area (Å²) in [4.78, 5) is 3.88. The highest BCUT2D eigenvalue weighted by atomic mass is 32.2. The van der Waals surface area contributed by atoms with Crippen LogP contribution in [0.25, 0.3) is 0 Å². The maximum Gasteiger partial charge on any atom is 0.281 e. The summed E-state index contributed by atoms with van der Waals surface area (Å²) >= 11 is 0. The van der Waals surface area contributed by atoms with Crippen LogP contribution in [0.2, 0.25) is 0 Å². The molecular weight excluding hydrogens is 264 g/mol. The molecule has 0 aliphatic carbocycles. The number of sulfonamides is 1. The van der Waals surface area contributed by atoms with Crippen LogP contribution in [0, 0.1) is 0 Å². The average molecular weight is 278 g/mol. The van der Waals surface area contributed by atoms with Crippen molar-refractivity contribution in [1.82, 2.24) is 4.98 Å². The molecule has 1 heterocycles. The molecular formula is C13H14N2O3S. The van der Waals surface area contributed by atoms with E-state index in [9.17, 15) is 13.5 Å². The first-order valence-electron chi connectivity index (χ1n) is 5.66. The first-order valence-corrected chi connectivity index (χ1v) is 7.10. The molecule has 100 valence electrons. The fourth-order valence-electron chi connectivity index (χ4n) is 1.68. The number of rotatable bonds is 4. The van der Waals surface area contributed by atoms with Crippen LogP contribution in [-0.4, -0.2) is 25.6 Å². The summed E-state index contributed by atoms with van der Waals surface area (Å²) in [6, 6.07) is 11.8. The molecule has 1 N–H and O–H groups in total. The molecule has 1 aromatic heterocycles. The lowest BCUT2D eigenvalue weighted by molar-refractivity contribution is 0.277. The van der Waals surface area contributed by atoms with E-state index in [0.717, 1.165) is 4.31 Å². The van der Waals surface area contributed by atoms with Gasteiger partial charge in [-0.15, -0.1) is 0 Å². The van der Waals surface area contributed by atoms with Crippen LogP contribution in [0.15, 0.2) is 53.7 Å². The summed E-state index contributed by atoms with van der Waals surface area (Å²) in [6.45, 7) is -0.370. The molecule has 0 amide bonds. The van der Waals surface area contributed by atoms with Gasteiger partial charge in [-0.3, -0.25) is 4.31 Å². The van der Waals surface area contributed by atoms with E-state index in [4.69, 9.17) is 0 Å². The lowest BCUT2D eigenvalue weighted by Crippen LogP contribution is -2.28. The van der Waals surface area contributed by atoms with E-state index in [1.54, 1.807) is 36.4 Å². The maximum atomic E-state index is 12.5. The second kappa shape index (κ2) is 5.38. The van der Waals surface area contributed by atoms with Crippen LogP contribution in [-0.2, 0) is 16.6 Å². The summed E-state index contributed by atoms with van der Waals surface area (Å²) in [6.07, 6.45) is 1.39. The number of para-hydroxylation sites is 1. The second-order valence-corrected chi connectivity index (χ2v) is 5.82. The van der Waals surface area contributed by atoms with Gasteiger partial charge in [0.2, 0.25) is 0 Å². The summed E-state index contributed by atoms with van der Waals surface area (Å²) in [5.74, 6) is 0. The van der Waals surface area contributed by atoms with E-state index in [0.29, 0.717) is 5.69 Å². The van der Waals surface area contributed by atoms with Crippen LogP contribution in [0.1, 0.15) is 5.56 Å². The summed E-state index contributed by atoms with van der Waals surface area (Å²) in [5.41, 5.74) is 0.822. The first kappa shape index (κ1) is 13.5. The highest BCUT2D eigenvalue weighted by Gasteiger charge is 2.25. The Labute approximate surface area is 112 Å². The smallest absolute Gasteiger partial charge is 0.281 e. The van der Waals surface area contributed by atoms with Crippen LogP contribution in [0.3, 0.4) is 0 Å². The third kappa shape index (κ3) is 2.59. The lowest BCUT2D eigenvalue weighted by atomic mass is 10.3.